The topological polar surface area (TPSA) is 70.9 Å². The van der Waals surface area contributed by atoms with Crippen molar-refractivity contribution in [3.8, 4) is 0 Å². The van der Waals surface area contributed by atoms with Crippen molar-refractivity contribution >= 4 is 23.3 Å². The number of amidine groups is 1. The molecule has 0 amide bonds. The lowest BCUT2D eigenvalue weighted by atomic mass is 10.1. The monoisotopic (exact) mass is 305 g/mol. The summed E-state index contributed by atoms with van der Waals surface area (Å²) < 4.78 is 1.76. The minimum atomic E-state index is 0.0331. The Morgan fingerprint density at radius 2 is 1.95 bits per heavy atom. The van der Waals surface area contributed by atoms with Crippen LogP contribution in [0.3, 0.4) is 0 Å². The van der Waals surface area contributed by atoms with Crippen LogP contribution in [0.15, 0.2) is 24.3 Å². The Balaban J connectivity index is 2.42. The molecule has 0 fully saturated rings. The van der Waals surface area contributed by atoms with Crippen molar-refractivity contribution in [3.05, 3.63) is 46.1 Å². The van der Waals surface area contributed by atoms with Gasteiger partial charge in [0.25, 0.3) is 0 Å². The number of nitrogens with two attached hydrogens (primary N) is 1. The largest absolute Gasteiger partial charge is 0.384 e. The Bertz CT molecular complexity index is 659. The van der Waals surface area contributed by atoms with Crippen LogP contribution in [0.1, 0.15) is 29.8 Å². The molecule has 2 rings (SSSR count). The molecule has 21 heavy (non-hydrogen) atoms. The lowest BCUT2D eigenvalue weighted by molar-refractivity contribution is 0.673. The molecule has 5 nitrogen and oxygen atoms in total. The molecule has 0 spiro atoms. The molecule has 2 aromatic rings. The lowest BCUT2D eigenvalue weighted by Gasteiger charge is -2.28. The summed E-state index contributed by atoms with van der Waals surface area (Å²) in [5.41, 5.74) is 8.29. The normalized spacial score (nSPS) is 12.2. The van der Waals surface area contributed by atoms with E-state index in [1.54, 1.807) is 4.68 Å². The summed E-state index contributed by atoms with van der Waals surface area (Å²) in [5.74, 6) is 0.869. The van der Waals surface area contributed by atoms with E-state index in [9.17, 15) is 0 Å². The standard InChI is InChI=1S/C15H20ClN5/c1-9-13(14(17)18)15(21(4)19-9)20(3)10(2)11-5-7-12(16)8-6-11/h5-8,10H,1-4H3,(H3,17,18). The highest BCUT2D eigenvalue weighted by Crippen LogP contribution is 2.29. The van der Waals surface area contributed by atoms with Crippen LogP contribution in [0.4, 0.5) is 5.82 Å². The predicted octanol–water partition coefficient (Wildman–Crippen LogP) is 2.86. The number of benzene rings is 1. The molecule has 0 aliphatic heterocycles. The first-order chi connectivity index (χ1) is 9.82. The van der Waals surface area contributed by atoms with Gasteiger partial charge in [0.15, 0.2) is 0 Å². The number of aromatic nitrogens is 2. The second-order valence-electron chi connectivity index (χ2n) is 5.16. The van der Waals surface area contributed by atoms with Crippen LogP contribution in [0.2, 0.25) is 5.02 Å². The van der Waals surface area contributed by atoms with Crippen molar-refractivity contribution in [1.29, 1.82) is 5.41 Å². The first-order valence-corrected chi connectivity index (χ1v) is 7.07. The highest BCUT2D eigenvalue weighted by atomic mass is 35.5. The van der Waals surface area contributed by atoms with Gasteiger partial charge in [0, 0.05) is 19.1 Å². The number of nitrogens with one attached hydrogen (secondary N) is 1. The van der Waals surface area contributed by atoms with E-state index in [-0.39, 0.29) is 11.9 Å². The summed E-state index contributed by atoms with van der Waals surface area (Å²) >= 11 is 5.94. The third-order valence-electron chi connectivity index (χ3n) is 3.73. The quantitative estimate of drug-likeness (QED) is 0.674. The molecule has 1 atom stereocenters. The molecule has 6 heteroatoms. The molecule has 3 N–H and O–H groups in total. The molecule has 0 saturated carbocycles. The minimum Gasteiger partial charge on any atom is -0.384 e. The number of nitrogens with zero attached hydrogens (tertiary/aromatic N) is 3. The van der Waals surface area contributed by atoms with Crippen LogP contribution in [0, 0.1) is 12.3 Å². The van der Waals surface area contributed by atoms with Gasteiger partial charge in [-0.2, -0.15) is 5.10 Å². The third kappa shape index (κ3) is 2.88. The number of nitrogen functional groups attached to an aromatic ring is 1. The second-order valence-corrected chi connectivity index (χ2v) is 5.60. The van der Waals surface area contributed by atoms with Gasteiger partial charge in [-0.3, -0.25) is 10.1 Å². The van der Waals surface area contributed by atoms with Crippen LogP contribution in [-0.4, -0.2) is 22.7 Å². The van der Waals surface area contributed by atoms with Gasteiger partial charge in [0.1, 0.15) is 11.7 Å². The maximum Gasteiger partial charge on any atom is 0.138 e. The molecule has 1 aromatic heterocycles. The fourth-order valence-electron chi connectivity index (χ4n) is 2.51. The van der Waals surface area contributed by atoms with Gasteiger partial charge in [-0.25, -0.2) is 0 Å². The zero-order valence-corrected chi connectivity index (χ0v) is 13.4. The fourth-order valence-corrected chi connectivity index (χ4v) is 2.64. The summed E-state index contributed by atoms with van der Waals surface area (Å²) in [6.07, 6.45) is 0. The second kappa shape index (κ2) is 5.77. The van der Waals surface area contributed by atoms with Crippen LogP contribution in [-0.2, 0) is 7.05 Å². The molecule has 0 aliphatic rings. The number of hydrogen-bond acceptors (Lipinski definition) is 3. The lowest BCUT2D eigenvalue weighted by Crippen LogP contribution is -2.27. The summed E-state index contributed by atoms with van der Waals surface area (Å²) in [6.45, 7) is 3.95. The van der Waals surface area contributed by atoms with Gasteiger partial charge in [0.05, 0.1) is 17.3 Å². The van der Waals surface area contributed by atoms with Crippen LogP contribution in [0.25, 0.3) is 0 Å². The van der Waals surface area contributed by atoms with E-state index in [4.69, 9.17) is 22.7 Å². The van der Waals surface area contributed by atoms with Gasteiger partial charge >= 0.3 is 0 Å². The third-order valence-corrected chi connectivity index (χ3v) is 3.98. The Morgan fingerprint density at radius 3 is 2.48 bits per heavy atom. The van der Waals surface area contributed by atoms with E-state index in [0.717, 1.165) is 22.1 Å². The number of aryl methyl sites for hydroxylation is 2. The Labute approximate surface area is 129 Å². The van der Waals surface area contributed by atoms with Gasteiger partial charge in [-0.05, 0) is 31.5 Å². The summed E-state index contributed by atoms with van der Waals surface area (Å²) in [5, 5.41) is 12.9. The van der Waals surface area contributed by atoms with Crippen molar-refractivity contribution < 1.29 is 0 Å². The molecular weight excluding hydrogens is 286 g/mol. The van der Waals surface area contributed by atoms with E-state index >= 15 is 0 Å². The SMILES string of the molecule is Cc1nn(C)c(N(C)C(C)c2ccc(Cl)cc2)c1C(=N)N. The summed E-state index contributed by atoms with van der Waals surface area (Å²) in [6, 6.07) is 7.86. The number of hydrogen-bond donors (Lipinski definition) is 2. The number of anilines is 1. The van der Waals surface area contributed by atoms with Gasteiger partial charge in [0.2, 0.25) is 0 Å². The van der Waals surface area contributed by atoms with Crippen LogP contribution < -0.4 is 10.6 Å². The highest BCUT2D eigenvalue weighted by Gasteiger charge is 2.23. The average molecular weight is 306 g/mol. The molecule has 1 heterocycles. The summed E-state index contributed by atoms with van der Waals surface area (Å²) in [4.78, 5) is 2.07. The Hall–Kier alpha value is -2.01. The van der Waals surface area contributed by atoms with Crippen molar-refractivity contribution in [3.63, 3.8) is 0 Å². The highest BCUT2D eigenvalue weighted by molar-refractivity contribution is 6.30. The Kier molecular flexibility index (Phi) is 4.23. The molecule has 0 saturated heterocycles. The van der Waals surface area contributed by atoms with Crippen LogP contribution >= 0.6 is 11.6 Å². The van der Waals surface area contributed by atoms with Gasteiger partial charge in [-0.15, -0.1) is 0 Å². The minimum absolute atomic E-state index is 0.0331. The van der Waals surface area contributed by atoms with Crippen molar-refractivity contribution in [1.82, 2.24) is 9.78 Å². The van der Waals surface area contributed by atoms with E-state index in [2.05, 4.69) is 16.9 Å². The van der Waals surface area contributed by atoms with E-state index in [1.165, 1.54) is 0 Å². The van der Waals surface area contributed by atoms with E-state index in [1.807, 2.05) is 45.3 Å². The zero-order valence-electron chi connectivity index (χ0n) is 12.7. The maximum atomic E-state index is 7.78. The molecule has 112 valence electrons. The average Bonchev–Trinajstić information content (AvgIpc) is 2.72. The first-order valence-electron chi connectivity index (χ1n) is 6.69. The van der Waals surface area contributed by atoms with Crippen molar-refractivity contribution in [2.45, 2.75) is 19.9 Å². The van der Waals surface area contributed by atoms with Gasteiger partial charge < -0.3 is 10.6 Å². The number of rotatable bonds is 4. The smallest absolute Gasteiger partial charge is 0.138 e. The molecule has 1 unspecified atom stereocenters. The number of halogens is 1. The van der Waals surface area contributed by atoms with E-state index in [0.29, 0.717) is 5.56 Å². The summed E-state index contributed by atoms with van der Waals surface area (Å²) in [7, 11) is 3.84. The molecule has 0 radical (unpaired) electrons. The first kappa shape index (κ1) is 15.4. The molecule has 0 bridgehead atoms. The fraction of sp³-hybridized carbons (Fsp3) is 0.333. The Morgan fingerprint density at radius 1 is 1.38 bits per heavy atom. The van der Waals surface area contributed by atoms with Gasteiger partial charge in [-0.1, -0.05) is 23.7 Å². The van der Waals surface area contributed by atoms with Crippen molar-refractivity contribution in [2.75, 3.05) is 11.9 Å². The van der Waals surface area contributed by atoms with Crippen molar-refractivity contribution in [2.24, 2.45) is 12.8 Å². The maximum absolute atomic E-state index is 7.78. The molecular formula is C15H20ClN5. The zero-order chi connectivity index (χ0) is 15.7. The van der Waals surface area contributed by atoms with Crippen LogP contribution in [0.5, 0.6) is 0 Å². The molecule has 0 aliphatic carbocycles. The van der Waals surface area contributed by atoms with E-state index < -0.39 is 0 Å². The predicted molar refractivity (Wildman–Crippen MR) is 87.2 cm³/mol. The molecule has 1 aromatic carbocycles.